The second-order valence-electron chi connectivity index (χ2n) is 4.59. The lowest BCUT2D eigenvalue weighted by Crippen LogP contribution is -2.20. The summed E-state index contributed by atoms with van der Waals surface area (Å²) in [5.74, 6) is -0.129. The highest BCUT2D eigenvalue weighted by Crippen LogP contribution is 2.14. The van der Waals surface area contributed by atoms with E-state index in [1.165, 1.54) is 29.8 Å². The van der Waals surface area contributed by atoms with Gasteiger partial charge in [0.1, 0.15) is 11.6 Å². The summed E-state index contributed by atoms with van der Waals surface area (Å²) >= 11 is 0. The molecule has 3 nitrogen and oxygen atoms in total. The molecule has 0 aliphatic heterocycles. The Morgan fingerprint density at radius 1 is 1.10 bits per heavy atom. The fraction of sp³-hybridized carbons (Fsp3) is 0.188. The molecule has 1 N–H and O–H groups in total. The minimum atomic E-state index is -0.336. The number of hydrogen-bond donors (Lipinski definition) is 1. The zero-order valence-corrected chi connectivity index (χ0v) is 11.4. The van der Waals surface area contributed by atoms with Gasteiger partial charge in [-0.3, -0.25) is 4.79 Å². The van der Waals surface area contributed by atoms with E-state index in [2.05, 4.69) is 5.32 Å². The monoisotopic (exact) mass is 273 g/mol. The molecule has 0 radical (unpaired) electrons. The summed E-state index contributed by atoms with van der Waals surface area (Å²) in [4.78, 5) is 11.7. The predicted octanol–water partition coefficient (Wildman–Crippen LogP) is 3.46. The van der Waals surface area contributed by atoms with E-state index < -0.39 is 0 Å². The van der Waals surface area contributed by atoms with E-state index in [0.29, 0.717) is 5.75 Å². The first-order chi connectivity index (χ1) is 9.54. The van der Waals surface area contributed by atoms with Crippen molar-refractivity contribution in [2.75, 3.05) is 11.9 Å². The fourth-order valence-electron chi connectivity index (χ4n) is 1.70. The van der Waals surface area contributed by atoms with Gasteiger partial charge in [-0.05, 0) is 61.4 Å². The van der Waals surface area contributed by atoms with Crippen LogP contribution in [0.15, 0.2) is 42.5 Å². The van der Waals surface area contributed by atoms with Crippen LogP contribution in [0.25, 0.3) is 0 Å². The van der Waals surface area contributed by atoms with Crippen LogP contribution in [0.2, 0.25) is 0 Å². The number of anilines is 1. The molecule has 2 rings (SSSR count). The van der Waals surface area contributed by atoms with Crippen molar-refractivity contribution < 1.29 is 13.9 Å². The van der Waals surface area contributed by atoms with Crippen molar-refractivity contribution in [2.24, 2.45) is 0 Å². The van der Waals surface area contributed by atoms with Crippen molar-refractivity contribution in [3.05, 3.63) is 59.4 Å². The predicted molar refractivity (Wildman–Crippen MR) is 76.4 cm³/mol. The second-order valence-corrected chi connectivity index (χ2v) is 4.59. The number of carbonyl (C=O) groups is 1. The van der Waals surface area contributed by atoms with Crippen LogP contribution in [0.5, 0.6) is 5.75 Å². The molecular weight excluding hydrogens is 257 g/mol. The molecule has 0 bridgehead atoms. The quantitative estimate of drug-likeness (QED) is 0.926. The summed E-state index contributed by atoms with van der Waals surface area (Å²) in [6, 6.07) is 11.2. The van der Waals surface area contributed by atoms with Crippen LogP contribution in [0.4, 0.5) is 10.1 Å². The third kappa shape index (κ3) is 3.82. The van der Waals surface area contributed by atoms with E-state index in [1.54, 1.807) is 0 Å². The maximum absolute atomic E-state index is 12.7. The molecule has 0 unspecified atom stereocenters. The van der Waals surface area contributed by atoms with Gasteiger partial charge in [0.15, 0.2) is 6.61 Å². The standard InChI is InChI=1S/C16H16FNO2/c1-11-3-6-14(9-12(11)2)18-16(19)10-20-15-7-4-13(17)5-8-15/h3-9H,10H2,1-2H3,(H,18,19). The number of ether oxygens (including phenoxy) is 1. The zero-order valence-electron chi connectivity index (χ0n) is 11.4. The molecule has 0 fully saturated rings. The molecule has 0 atom stereocenters. The van der Waals surface area contributed by atoms with Gasteiger partial charge >= 0.3 is 0 Å². The Kier molecular flexibility index (Phi) is 4.35. The summed E-state index contributed by atoms with van der Waals surface area (Å²) in [6.07, 6.45) is 0. The number of halogens is 1. The number of benzene rings is 2. The summed E-state index contributed by atoms with van der Waals surface area (Å²) in [6.45, 7) is 3.89. The Bertz CT molecular complexity index is 608. The van der Waals surface area contributed by atoms with Crippen LogP contribution in [-0.4, -0.2) is 12.5 Å². The fourth-order valence-corrected chi connectivity index (χ4v) is 1.70. The van der Waals surface area contributed by atoms with E-state index in [-0.39, 0.29) is 18.3 Å². The van der Waals surface area contributed by atoms with Crippen LogP contribution < -0.4 is 10.1 Å². The molecule has 0 spiro atoms. The lowest BCUT2D eigenvalue weighted by atomic mass is 10.1. The molecular formula is C16H16FNO2. The van der Waals surface area contributed by atoms with Crippen molar-refractivity contribution >= 4 is 11.6 Å². The number of carbonyl (C=O) groups excluding carboxylic acids is 1. The van der Waals surface area contributed by atoms with E-state index in [1.807, 2.05) is 32.0 Å². The number of nitrogens with one attached hydrogen (secondary N) is 1. The van der Waals surface area contributed by atoms with Crippen molar-refractivity contribution in [1.82, 2.24) is 0 Å². The largest absolute Gasteiger partial charge is 0.484 e. The third-order valence-corrected chi connectivity index (χ3v) is 2.97. The average Bonchev–Trinajstić information content (AvgIpc) is 2.42. The molecule has 4 heteroatoms. The second kappa shape index (κ2) is 6.19. The first-order valence-corrected chi connectivity index (χ1v) is 6.30. The van der Waals surface area contributed by atoms with Gasteiger partial charge in [0.25, 0.3) is 5.91 Å². The van der Waals surface area contributed by atoms with Gasteiger partial charge in [0.2, 0.25) is 0 Å². The van der Waals surface area contributed by atoms with E-state index in [0.717, 1.165) is 11.3 Å². The smallest absolute Gasteiger partial charge is 0.262 e. The summed E-state index contributed by atoms with van der Waals surface area (Å²) < 4.78 is 18.0. The van der Waals surface area contributed by atoms with Crippen molar-refractivity contribution in [3.8, 4) is 5.75 Å². The Morgan fingerprint density at radius 3 is 2.45 bits per heavy atom. The molecule has 2 aromatic rings. The van der Waals surface area contributed by atoms with Crippen molar-refractivity contribution in [1.29, 1.82) is 0 Å². The van der Waals surface area contributed by atoms with Gasteiger partial charge in [0, 0.05) is 5.69 Å². The Balaban J connectivity index is 1.89. The minimum absolute atomic E-state index is 0.113. The van der Waals surface area contributed by atoms with Gasteiger partial charge < -0.3 is 10.1 Å². The van der Waals surface area contributed by atoms with Crippen LogP contribution in [-0.2, 0) is 4.79 Å². The first-order valence-electron chi connectivity index (χ1n) is 6.30. The lowest BCUT2D eigenvalue weighted by Gasteiger charge is -2.09. The number of aryl methyl sites for hydroxylation is 2. The SMILES string of the molecule is Cc1ccc(NC(=O)COc2ccc(F)cc2)cc1C. The highest BCUT2D eigenvalue weighted by Gasteiger charge is 2.04. The molecule has 20 heavy (non-hydrogen) atoms. The molecule has 0 aromatic heterocycles. The van der Waals surface area contributed by atoms with Crippen molar-refractivity contribution in [3.63, 3.8) is 0 Å². The van der Waals surface area contributed by atoms with Gasteiger partial charge in [-0.1, -0.05) is 6.07 Å². The van der Waals surface area contributed by atoms with Gasteiger partial charge in [-0.15, -0.1) is 0 Å². The average molecular weight is 273 g/mol. The van der Waals surface area contributed by atoms with E-state index >= 15 is 0 Å². The highest BCUT2D eigenvalue weighted by atomic mass is 19.1. The molecule has 2 aromatic carbocycles. The molecule has 1 amide bonds. The van der Waals surface area contributed by atoms with E-state index in [9.17, 15) is 9.18 Å². The normalized spacial score (nSPS) is 10.2. The molecule has 0 saturated heterocycles. The molecule has 0 aliphatic rings. The van der Waals surface area contributed by atoms with Gasteiger partial charge in [-0.2, -0.15) is 0 Å². The Morgan fingerprint density at radius 2 is 1.80 bits per heavy atom. The maximum Gasteiger partial charge on any atom is 0.262 e. The number of amides is 1. The van der Waals surface area contributed by atoms with Crippen molar-refractivity contribution in [2.45, 2.75) is 13.8 Å². The summed E-state index contributed by atoms with van der Waals surface area (Å²) in [7, 11) is 0. The topological polar surface area (TPSA) is 38.3 Å². The Labute approximate surface area is 117 Å². The van der Waals surface area contributed by atoms with E-state index in [4.69, 9.17) is 4.74 Å². The van der Waals surface area contributed by atoms with Crippen LogP contribution in [0.1, 0.15) is 11.1 Å². The number of hydrogen-bond acceptors (Lipinski definition) is 2. The lowest BCUT2D eigenvalue weighted by molar-refractivity contribution is -0.118. The minimum Gasteiger partial charge on any atom is -0.484 e. The first kappa shape index (κ1) is 14.1. The van der Waals surface area contributed by atoms with Crippen LogP contribution in [0, 0.1) is 19.7 Å². The van der Waals surface area contributed by atoms with Crippen LogP contribution in [0.3, 0.4) is 0 Å². The highest BCUT2D eigenvalue weighted by molar-refractivity contribution is 5.92. The third-order valence-electron chi connectivity index (χ3n) is 2.97. The summed E-state index contributed by atoms with van der Waals surface area (Å²) in [5, 5.41) is 2.75. The molecule has 0 saturated carbocycles. The molecule has 0 heterocycles. The van der Waals surface area contributed by atoms with Gasteiger partial charge in [0.05, 0.1) is 0 Å². The zero-order chi connectivity index (χ0) is 14.5. The number of rotatable bonds is 4. The van der Waals surface area contributed by atoms with Gasteiger partial charge in [-0.25, -0.2) is 4.39 Å². The Hall–Kier alpha value is -2.36. The molecule has 104 valence electrons. The van der Waals surface area contributed by atoms with Crippen LogP contribution >= 0.6 is 0 Å². The molecule has 0 aliphatic carbocycles. The maximum atomic E-state index is 12.7. The summed E-state index contributed by atoms with van der Waals surface area (Å²) in [5.41, 5.74) is 3.02.